The van der Waals surface area contributed by atoms with Gasteiger partial charge in [-0.15, -0.1) is 0 Å². The van der Waals surface area contributed by atoms with E-state index in [1.807, 2.05) is 0 Å². The van der Waals surface area contributed by atoms with Crippen molar-refractivity contribution in [1.82, 2.24) is 0 Å². The molecule has 0 aromatic rings. The first kappa shape index (κ1) is 22.0. The van der Waals surface area contributed by atoms with E-state index < -0.39 is 0 Å². The lowest BCUT2D eigenvalue weighted by Gasteiger charge is -2.20. The molecular formula is C21H44O. The summed E-state index contributed by atoms with van der Waals surface area (Å²) < 4.78 is 6.12. The molecule has 0 aliphatic rings. The molecule has 1 heteroatoms. The van der Waals surface area contributed by atoms with Gasteiger partial charge in [0.2, 0.25) is 0 Å². The van der Waals surface area contributed by atoms with E-state index >= 15 is 0 Å². The Morgan fingerprint density at radius 2 is 0.909 bits per heavy atom. The predicted molar refractivity (Wildman–Crippen MR) is 101 cm³/mol. The Hall–Kier alpha value is -0.0400. The van der Waals surface area contributed by atoms with Gasteiger partial charge in [-0.25, -0.2) is 0 Å². The van der Waals surface area contributed by atoms with E-state index in [0.717, 1.165) is 0 Å². The predicted octanol–water partition coefficient (Wildman–Crippen LogP) is 7.67. The van der Waals surface area contributed by atoms with Crippen LogP contribution < -0.4 is 0 Å². The highest BCUT2D eigenvalue weighted by Gasteiger charge is 2.10. The summed E-state index contributed by atoms with van der Waals surface area (Å²) in [6.45, 7) is 8.93. The molecule has 0 aliphatic carbocycles. The molecule has 0 saturated heterocycles. The first-order chi connectivity index (χ1) is 10.7. The standard InChI is InChI=1S/C21H44O/c1-5-7-9-11-13-15-17-19-21(22-20(3)4)18-16-14-12-10-8-6-2/h20-21H,5-19H2,1-4H3. The molecule has 0 radical (unpaired) electrons. The van der Waals surface area contributed by atoms with Crippen LogP contribution in [0.5, 0.6) is 0 Å². The molecule has 0 fully saturated rings. The van der Waals surface area contributed by atoms with Crippen molar-refractivity contribution >= 4 is 0 Å². The molecule has 1 atom stereocenters. The molecule has 0 bridgehead atoms. The molecule has 0 spiro atoms. The van der Waals surface area contributed by atoms with Crippen molar-refractivity contribution in [3.63, 3.8) is 0 Å². The van der Waals surface area contributed by atoms with E-state index in [2.05, 4.69) is 27.7 Å². The van der Waals surface area contributed by atoms with Crippen LogP contribution in [0.1, 0.15) is 124 Å². The van der Waals surface area contributed by atoms with E-state index in [1.165, 1.54) is 96.3 Å². The van der Waals surface area contributed by atoms with Crippen molar-refractivity contribution in [2.45, 2.75) is 136 Å². The van der Waals surface area contributed by atoms with Crippen LogP contribution in [-0.2, 0) is 4.74 Å². The third-order valence-corrected chi connectivity index (χ3v) is 4.47. The van der Waals surface area contributed by atoms with Gasteiger partial charge in [0.1, 0.15) is 0 Å². The summed E-state index contributed by atoms with van der Waals surface area (Å²) in [6.07, 6.45) is 21.6. The minimum Gasteiger partial charge on any atom is -0.376 e. The summed E-state index contributed by atoms with van der Waals surface area (Å²) in [6, 6.07) is 0. The zero-order valence-corrected chi connectivity index (χ0v) is 16.2. The van der Waals surface area contributed by atoms with E-state index in [9.17, 15) is 0 Å². The van der Waals surface area contributed by atoms with Crippen LogP contribution in [0.2, 0.25) is 0 Å². The maximum Gasteiger partial charge on any atom is 0.0578 e. The topological polar surface area (TPSA) is 9.23 Å². The van der Waals surface area contributed by atoms with Crippen molar-refractivity contribution in [3.8, 4) is 0 Å². The normalized spacial score (nSPS) is 13.0. The number of rotatable bonds is 17. The molecule has 134 valence electrons. The molecule has 0 aromatic carbocycles. The highest BCUT2D eigenvalue weighted by Crippen LogP contribution is 2.18. The average Bonchev–Trinajstić information content (AvgIpc) is 2.49. The van der Waals surface area contributed by atoms with Gasteiger partial charge in [0.15, 0.2) is 0 Å². The lowest BCUT2D eigenvalue weighted by molar-refractivity contribution is -0.00398. The van der Waals surface area contributed by atoms with Gasteiger partial charge in [0.25, 0.3) is 0 Å². The second-order valence-corrected chi connectivity index (χ2v) is 7.27. The second-order valence-electron chi connectivity index (χ2n) is 7.27. The molecule has 1 nitrogen and oxygen atoms in total. The highest BCUT2D eigenvalue weighted by atomic mass is 16.5. The molecule has 0 heterocycles. The van der Waals surface area contributed by atoms with Crippen molar-refractivity contribution in [1.29, 1.82) is 0 Å². The fourth-order valence-corrected chi connectivity index (χ4v) is 3.15. The van der Waals surface area contributed by atoms with E-state index in [1.54, 1.807) is 0 Å². The molecule has 0 saturated carbocycles. The van der Waals surface area contributed by atoms with Crippen LogP contribution in [0, 0.1) is 0 Å². The first-order valence-corrected chi connectivity index (χ1v) is 10.4. The van der Waals surface area contributed by atoms with Gasteiger partial charge in [0, 0.05) is 0 Å². The third kappa shape index (κ3) is 16.3. The van der Waals surface area contributed by atoms with Crippen LogP contribution in [-0.4, -0.2) is 12.2 Å². The van der Waals surface area contributed by atoms with Crippen molar-refractivity contribution in [3.05, 3.63) is 0 Å². The minimum atomic E-state index is 0.384. The van der Waals surface area contributed by atoms with Gasteiger partial charge >= 0.3 is 0 Å². The van der Waals surface area contributed by atoms with Crippen LogP contribution in [0.4, 0.5) is 0 Å². The zero-order chi connectivity index (χ0) is 16.5. The Morgan fingerprint density at radius 3 is 1.27 bits per heavy atom. The van der Waals surface area contributed by atoms with Gasteiger partial charge in [-0.3, -0.25) is 0 Å². The van der Waals surface area contributed by atoms with Crippen LogP contribution in [0.25, 0.3) is 0 Å². The van der Waals surface area contributed by atoms with Gasteiger partial charge < -0.3 is 4.74 Å². The smallest absolute Gasteiger partial charge is 0.0578 e. The van der Waals surface area contributed by atoms with Crippen molar-refractivity contribution < 1.29 is 4.74 Å². The van der Waals surface area contributed by atoms with Gasteiger partial charge in [-0.1, -0.05) is 97.3 Å². The summed E-state index contributed by atoms with van der Waals surface area (Å²) in [5.74, 6) is 0. The molecule has 0 aliphatic heterocycles. The Bertz CT molecular complexity index is 200. The average molecular weight is 313 g/mol. The lowest BCUT2D eigenvalue weighted by Crippen LogP contribution is -2.18. The number of hydrogen-bond acceptors (Lipinski definition) is 1. The summed E-state index contributed by atoms with van der Waals surface area (Å²) in [7, 11) is 0. The zero-order valence-electron chi connectivity index (χ0n) is 16.2. The highest BCUT2D eigenvalue weighted by molar-refractivity contribution is 4.61. The van der Waals surface area contributed by atoms with E-state index in [0.29, 0.717) is 12.2 Å². The Labute approximate surface area is 141 Å². The monoisotopic (exact) mass is 312 g/mol. The molecule has 0 aromatic heterocycles. The van der Waals surface area contributed by atoms with Gasteiger partial charge in [-0.2, -0.15) is 0 Å². The molecule has 1 unspecified atom stereocenters. The largest absolute Gasteiger partial charge is 0.376 e. The molecular weight excluding hydrogens is 268 g/mol. The first-order valence-electron chi connectivity index (χ1n) is 10.4. The number of ether oxygens (including phenoxy) is 1. The Balaban J connectivity index is 3.61. The summed E-state index contributed by atoms with van der Waals surface area (Å²) in [5, 5.41) is 0. The number of unbranched alkanes of at least 4 members (excludes halogenated alkanes) is 11. The fourth-order valence-electron chi connectivity index (χ4n) is 3.15. The minimum absolute atomic E-state index is 0.384. The maximum absolute atomic E-state index is 6.12. The van der Waals surface area contributed by atoms with Crippen LogP contribution in [0.15, 0.2) is 0 Å². The van der Waals surface area contributed by atoms with Crippen molar-refractivity contribution in [2.24, 2.45) is 0 Å². The maximum atomic E-state index is 6.12. The SMILES string of the molecule is CCCCCCCCCC(CCCCCCCC)OC(C)C. The molecule has 22 heavy (non-hydrogen) atoms. The molecule has 0 rings (SSSR count). The van der Waals surface area contributed by atoms with E-state index in [-0.39, 0.29) is 0 Å². The number of hydrogen-bond donors (Lipinski definition) is 0. The Morgan fingerprint density at radius 1 is 0.545 bits per heavy atom. The fraction of sp³-hybridized carbons (Fsp3) is 1.00. The Kier molecular flexibility index (Phi) is 17.3. The van der Waals surface area contributed by atoms with Gasteiger partial charge in [-0.05, 0) is 26.7 Å². The summed E-state index contributed by atoms with van der Waals surface area (Å²) in [5.41, 5.74) is 0. The summed E-state index contributed by atoms with van der Waals surface area (Å²) in [4.78, 5) is 0. The van der Waals surface area contributed by atoms with Crippen molar-refractivity contribution in [2.75, 3.05) is 0 Å². The van der Waals surface area contributed by atoms with Gasteiger partial charge in [0.05, 0.1) is 12.2 Å². The lowest BCUT2D eigenvalue weighted by atomic mass is 10.0. The second kappa shape index (κ2) is 17.3. The summed E-state index contributed by atoms with van der Waals surface area (Å²) >= 11 is 0. The molecule has 0 amide bonds. The quantitative estimate of drug-likeness (QED) is 0.250. The van der Waals surface area contributed by atoms with Crippen LogP contribution >= 0.6 is 0 Å². The van der Waals surface area contributed by atoms with E-state index in [4.69, 9.17) is 4.74 Å². The van der Waals surface area contributed by atoms with Crippen LogP contribution in [0.3, 0.4) is 0 Å². The third-order valence-electron chi connectivity index (χ3n) is 4.47. The molecule has 0 N–H and O–H groups in total.